The van der Waals surface area contributed by atoms with Crippen LogP contribution in [0.25, 0.3) is 0 Å². The molecule has 6 heteroatoms. The summed E-state index contributed by atoms with van der Waals surface area (Å²) in [6, 6.07) is 7.19. The number of esters is 1. The van der Waals surface area contributed by atoms with E-state index in [0.29, 0.717) is 18.4 Å². The number of benzene rings is 1. The van der Waals surface area contributed by atoms with Crippen molar-refractivity contribution in [3.05, 3.63) is 29.3 Å². The molecule has 2 aliphatic heterocycles. The van der Waals surface area contributed by atoms with Crippen LogP contribution in [0.15, 0.2) is 18.2 Å². The third-order valence-electron chi connectivity index (χ3n) is 7.86. The second kappa shape index (κ2) is 11.6. The Kier molecular flexibility index (Phi) is 8.51. The Balaban J connectivity index is 1.29. The van der Waals surface area contributed by atoms with Gasteiger partial charge in [0.2, 0.25) is 0 Å². The summed E-state index contributed by atoms with van der Waals surface area (Å²) in [5.41, 5.74) is 3.92. The number of urea groups is 1. The van der Waals surface area contributed by atoms with Gasteiger partial charge >= 0.3 is 12.0 Å². The number of fused-ring (bicyclic) bond motifs is 1. The Morgan fingerprint density at radius 1 is 1.03 bits per heavy atom. The van der Waals surface area contributed by atoms with Crippen molar-refractivity contribution in [1.29, 1.82) is 0 Å². The van der Waals surface area contributed by atoms with Gasteiger partial charge in [-0.2, -0.15) is 0 Å². The second-order valence-corrected chi connectivity index (χ2v) is 10.7. The van der Waals surface area contributed by atoms with Gasteiger partial charge < -0.3 is 14.5 Å². The van der Waals surface area contributed by atoms with E-state index in [1.807, 2.05) is 18.7 Å². The number of ether oxygens (including phenoxy) is 1. The molecule has 1 saturated heterocycles. The highest BCUT2D eigenvalue weighted by atomic mass is 16.5. The Morgan fingerprint density at radius 3 is 2.47 bits per heavy atom. The van der Waals surface area contributed by atoms with Gasteiger partial charge in [0.05, 0.1) is 6.10 Å². The lowest BCUT2D eigenvalue weighted by Crippen LogP contribution is -2.41. The molecule has 34 heavy (non-hydrogen) atoms. The number of hydrogen-bond donors (Lipinski definition) is 0. The van der Waals surface area contributed by atoms with Crippen LogP contribution in [0, 0.1) is 5.92 Å². The molecule has 6 nitrogen and oxygen atoms in total. The molecule has 1 aliphatic carbocycles. The van der Waals surface area contributed by atoms with E-state index in [1.165, 1.54) is 24.1 Å². The first-order valence-corrected chi connectivity index (χ1v) is 13.6. The van der Waals surface area contributed by atoms with Crippen LogP contribution in [-0.4, -0.2) is 66.7 Å². The van der Waals surface area contributed by atoms with Gasteiger partial charge in [0.15, 0.2) is 0 Å². The molecule has 4 rings (SSSR count). The van der Waals surface area contributed by atoms with Crippen LogP contribution in [-0.2, 0) is 22.4 Å². The van der Waals surface area contributed by atoms with Crippen LogP contribution in [0.3, 0.4) is 0 Å². The number of rotatable bonds is 8. The van der Waals surface area contributed by atoms with Crippen LogP contribution in [0.5, 0.6) is 0 Å². The summed E-state index contributed by atoms with van der Waals surface area (Å²) in [6.07, 6.45) is 9.03. The average Bonchev–Trinajstić information content (AvgIpc) is 3.08. The standard InChI is InChI=1S/C28H43N3O3/c1-4-15-29-16-13-23-8-11-26(20-24(23)14-17-29)31-19-18-30(28(31)33)25-9-5-22(6-10-25)7-12-27(32)34-21(2)3/h8,11,20-22,25H,4-7,9-10,12-19H2,1-3H3. The number of carbonyl (C=O) groups excluding carboxylic acids is 2. The SMILES string of the molecule is CCCN1CCc2ccc(N3CCN(C4CCC(CCC(=O)OC(C)C)CC4)C3=O)cc2CC1. The molecule has 0 N–H and O–H groups in total. The van der Waals surface area contributed by atoms with E-state index in [9.17, 15) is 9.59 Å². The summed E-state index contributed by atoms with van der Waals surface area (Å²) in [5.74, 6) is 0.489. The van der Waals surface area contributed by atoms with Crippen LogP contribution in [0.4, 0.5) is 10.5 Å². The molecule has 188 valence electrons. The number of hydrogen-bond acceptors (Lipinski definition) is 4. The lowest BCUT2D eigenvalue weighted by molar-refractivity contribution is -0.147. The van der Waals surface area contributed by atoms with Gasteiger partial charge in [0, 0.05) is 44.3 Å². The maximum absolute atomic E-state index is 13.4. The smallest absolute Gasteiger partial charge is 0.324 e. The van der Waals surface area contributed by atoms with Crippen molar-refractivity contribution in [1.82, 2.24) is 9.80 Å². The van der Waals surface area contributed by atoms with Crippen molar-refractivity contribution < 1.29 is 14.3 Å². The number of anilines is 1. The van der Waals surface area contributed by atoms with Crippen molar-refractivity contribution >= 4 is 17.7 Å². The fourth-order valence-electron chi connectivity index (χ4n) is 5.99. The second-order valence-electron chi connectivity index (χ2n) is 10.7. The Morgan fingerprint density at radius 2 is 1.76 bits per heavy atom. The highest BCUT2D eigenvalue weighted by molar-refractivity contribution is 5.94. The summed E-state index contributed by atoms with van der Waals surface area (Å²) >= 11 is 0. The zero-order valence-electron chi connectivity index (χ0n) is 21.4. The van der Waals surface area contributed by atoms with Crippen LogP contribution in [0.1, 0.15) is 76.8 Å². The molecular formula is C28H43N3O3. The molecule has 2 amide bonds. The van der Waals surface area contributed by atoms with E-state index < -0.39 is 0 Å². The number of amides is 2. The fraction of sp³-hybridized carbons (Fsp3) is 0.714. The fourth-order valence-corrected chi connectivity index (χ4v) is 5.99. The summed E-state index contributed by atoms with van der Waals surface area (Å²) in [5, 5.41) is 0. The Hall–Kier alpha value is -2.08. The first kappa shape index (κ1) is 25.0. The van der Waals surface area contributed by atoms with Gasteiger partial charge in [-0.3, -0.25) is 9.69 Å². The van der Waals surface area contributed by atoms with Crippen LogP contribution >= 0.6 is 0 Å². The molecule has 0 atom stereocenters. The highest BCUT2D eigenvalue weighted by Gasteiger charge is 2.36. The molecule has 3 aliphatic rings. The summed E-state index contributed by atoms with van der Waals surface area (Å²) in [4.78, 5) is 31.9. The van der Waals surface area contributed by atoms with Gasteiger partial charge in [-0.25, -0.2) is 4.79 Å². The van der Waals surface area contributed by atoms with E-state index in [0.717, 1.165) is 76.8 Å². The first-order valence-electron chi connectivity index (χ1n) is 13.6. The molecule has 1 aromatic carbocycles. The van der Waals surface area contributed by atoms with Gasteiger partial charge in [-0.1, -0.05) is 13.0 Å². The van der Waals surface area contributed by atoms with Crippen LogP contribution < -0.4 is 4.90 Å². The molecule has 1 saturated carbocycles. The lowest BCUT2D eigenvalue weighted by atomic mass is 9.83. The minimum Gasteiger partial charge on any atom is -0.463 e. The van der Waals surface area contributed by atoms with Gasteiger partial charge in [-0.15, -0.1) is 0 Å². The molecule has 0 spiro atoms. The Labute approximate surface area is 205 Å². The third kappa shape index (κ3) is 6.12. The zero-order chi connectivity index (χ0) is 24.1. The predicted molar refractivity (Wildman–Crippen MR) is 136 cm³/mol. The van der Waals surface area contributed by atoms with Crippen molar-refractivity contribution in [3.8, 4) is 0 Å². The monoisotopic (exact) mass is 469 g/mol. The molecule has 0 bridgehead atoms. The molecule has 2 fully saturated rings. The van der Waals surface area contributed by atoms with Crippen LogP contribution in [0.2, 0.25) is 0 Å². The van der Waals surface area contributed by atoms with E-state index in [-0.39, 0.29) is 18.1 Å². The number of nitrogens with zero attached hydrogens (tertiary/aromatic N) is 3. The predicted octanol–water partition coefficient (Wildman–Crippen LogP) is 5.03. The quantitative estimate of drug-likeness (QED) is 0.501. The topological polar surface area (TPSA) is 53.1 Å². The summed E-state index contributed by atoms with van der Waals surface area (Å²) in [6.45, 7) is 11.1. The van der Waals surface area contributed by atoms with Gasteiger partial charge in [0.1, 0.15) is 0 Å². The normalized spacial score (nSPS) is 23.8. The van der Waals surface area contributed by atoms with Gasteiger partial charge in [0.25, 0.3) is 0 Å². The summed E-state index contributed by atoms with van der Waals surface area (Å²) in [7, 11) is 0. The largest absolute Gasteiger partial charge is 0.463 e. The maximum atomic E-state index is 13.4. The third-order valence-corrected chi connectivity index (χ3v) is 7.86. The van der Waals surface area contributed by atoms with Crippen molar-refractivity contribution in [3.63, 3.8) is 0 Å². The van der Waals surface area contributed by atoms with Crippen molar-refractivity contribution in [2.75, 3.05) is 37.6 Å². The van der Waals surface area contributed by atoms with Crippen molar-refractivity contribution in [2.24, 2.45) is 5.92 Å². The molecule has 0 radical (unpaired) electrons. The molecular weight excluding hydrogens is 426 g/mol. The molecule has 2 heterocycles. The average molecular weight is 470 g/mol. The van der Waals surface area contributed by atoms with E-state index in [1.54, 1.807) is 0 Å². The van der Waals surface area contributed by atoms with E-state index in [4.69, 9.17) is 4.74 Å². The highest BCUT2D eigenvalue weighted by Crippen LogP contribution is 2.34. The van der Waals surface area contributed by atoms with Gasteiger partial charge in [-0.05, 0) is 101 Å². The van der Waals surface area contributed by atoms with E-state index >= 15 is 0 Å². The van der Waals surface area contributed by atoms with Crippen molar-refractivity contribution in [2.45, 2.75) is 90.7 Å². The minimum absolute atomic E-state index is 0.0392. The molecule has 0 unspecified atom stereocenters. The molecule has 0 aromatic heterocycles. The lowest BCUT2D eigenvalue weighted by Gasteiger charge is -2.34. The summed E-state index contributed by atoms with van der Waals surface area (Å²) < 4.78 is 5.27. The maximum Gasteiger partial charge on any atom is 0.324 e. The zero-order valence-corrected chi connectivity index (χ0v) is 21.4. The minimum atomic E-state index is -0.0821. The van der Waals surface area contributed by atoms with E-state index in [2.05, 4.69) is 34.9 Å². The first-order chi connectivity index (χ1) is 16.4. The molecule has 1 aromatic rings. The Bertz CT molecular complexity index is 847. The number of carbonyl (C=O) groups is 2.